The lowest BCUT2D eigenvalue weighted by Gasteiger charge is -2.21. The van der Waals surface area contributed by atoms with Gasteiger partial charge < -0.3 is 5.32 Å². The van der Waals surface area contributed by atoms with Crippen molar-refractivity contribution >= 4 is 11.9 Å². The van der Waals surface area contributed by atoms with Crippen LogP contribution >= 0.6 is 0 Å². The summed E-state index contributed by atoms with van der Waals surface area (Å²) in [7, 11) is 10.1. The van der Waals surface area contributed by atoms with Crippen molar-refractivity contribution < 1.29 is 9.37 Å². The summed E-state index contributed by atoms with van der Waals surface area (Å²) in [6.07, 6.45) is 2.20. The molecule has 5 heteroatoms. The van der Waals surface area contributed by atoms with Gasteiger partial charge in [-0.2, -0.15) is 0 Å². The molecule has 0 fully saturated rings. The number of carbonyl (C=O) groups is 1. The molecule has 1 N–H and O–H groups in total. The average molecular weight is 241 g/mol. The first-order valence-corrected chi connectivity index (χ1v) is 5.73. The number of nitrogens with zero attached hydrogens (tertiary/aromatic N) is 3. The molecule has 0 aromatic rings. The van der Waals surface area contributed by atoms with E-state index in [4.69, 9.17) is 0 Å². The van der Waals surface area contributed by atoms with Gasteiger partial charge in [0.25, 0.3) is 0 Å². The lowest BCUT2D eigenvalue weighted by Crippen LogP contribution is -2.44. The van der Waals surface area contributed by atoms with Crippen molar-refractivity contribution in [3.8, 4) is 0 Å². The molecule has 0 atom stereocenters. The molecule has 0 aliphatic heterocycles. The predicted molar refractivity (Wildman–Crippen MR) is 71.3 cm³/mol. The number of carbonyl (C=O) groups excluding carboxylic acids is 1. The minimum atomic E-state index is -0.114. The molecule has 17 heavy (non-hydrogen) atoms. The van der Waals surface area contributed by atoms with Crippen LogP contribution in [0, 0.1) is 0 Å². The van der Waals surface area contributed by atoms with Gasteiger partial charge in [0.15, 0.2) is 0 Å². The third-order valence-corrected chi connectivity index (χ3v) is 2.30. The Balaban J connectivity index is 4.09. The molecular weight excluding hydrogens is 216 g/mol. The van der Waals surface area contributed by atoms with Gasteiger partial charge in [-0.25, -0.2) is 0 Å². The van der Waals surface area contributed by atoms with Crippen molar-refractivity contribution in [2.24, 2.45) is 0 Å². The van der Waals surface area contributed by atoms with E-state index in [1.54, 1.807) is 0 Å². The minimum absolute atomic E-state index is 0.114. The Morgan fingerprint density at radius 3 is 2.35 bits per heavy atom. The first kappa shape index (κ1) is 15.5. The topological polar surface area (TPSA) is 38.6 Å². The van der Waals surface area contributed by atoms with E-state index in [1.807, 2.05) is 35.2 Å². The van der Waals surface area contributed by atoms with E-state index >= 15 is 0 Å². The second-order valence-electron chi connectivity index (χ2n) is 4.36. The monoisotopic (exact) mass is 241 g/mol. The summed E-state index contributed by atoms with van der Waals surface area (Å²) in [5.74, 6) is 1.03. The molecule has 0 spiro atoms. The summed E-state index contributed by atoms with van der Waals surface area (Å²) in [5, 5.41) is 2.76. The fourth-order valence-electron chi connectivity index (χ4n) is 1.78. The standard InChI is InChI=1S/C12H24N4O/c1-7-11(17)13-9-8-10-16(6)12(14(2)3)15(4)5/h7H,1,8-10H2,2-6H3/p+1. The molecule has 0 aromatic heterocycles. The Bertz CT molecular complexity index is 293. The van der Waals surface area contributed by atoms with Crippen LogP contribution in [0.25, 0.3) is 0 Å². The van der Waals surface area contributed by atoms with Crippen LogP contribution in [0.4, 0.5) is 0 Å². The SMILES string of the molecule is C=CC(=O)NCCCN(C)C(N(C)C)=[N+](C)C. The third kappa shape index (κ3) is 5.94. The maximum atomic E-state index is 10.9. The van der Waals surface area contributed by atoms with Gasteiger partial charge in [0.1, 0.15) is 0 Å². The van der Waals surface area contributed by atoms with Crippen LogP contribution in [0.3, 0.4) is 0 Å². The van der Waals surface area contributed by atoms with Gasteiger partial charge in [-0.15, -0.1) is 0 Å². The van der Waals surface area contributed by atoms with E-state index < -0.39 is 0 Å². The fourth-order valence-corrected chi connectivity index (χ4v) is 1.78. The molecule has 0 aromatic carbocycles. The maximum Gasteiger partial charge on any atom is 0.349 e. The van der Waals surface area contributed by atoms with Crippen LogP contribution in [0.5, 0.6) is 0 Å². The molecule has 1 amide bonds. The molecule has 5 nitrogen and oxygen atoms in total. The highest BCUT2D eigenvalue weighted by atomic mass is 16.1. The zero-order valence-corrected chi connectivity index (χ0v) is 11.7. The van der Waals surface area contributed by atoms with Gasteiger partial charge in [0.2, 0.25) is 5.91 Å². The van der Waals surface area contributed by atoms with Crippen LogP contribution < -0.4 is 5.32 Å². The Kier molecular flexibility index (Phi) is 7.02. The van der Waals surface area contributed by atoms with Crippen molar-refractivity contribution in [1.82, 2.24) is 15.1 Å². The number of guanidine groups is 1. The zero-order valence-electron chi connectivity index (χ0n) is 11.7. The molecule has 0 aliphatic rings. The zero-order chi connectivity index (χ0) is 13.4. The minimum Gasteiger partial charge on any atom is -0.352 e. The van der Waals surface area contributed by atoms with Gasteiger partial charge in [-0.05, 0) is 12.5 Å². The molecule has 0 radical (unpaired) electrons. The van der Waals surface area contributed by atoms with Crippen molar-refractivity contribution in [3.63, 3.8) is 0 Å². The highest BCUT2D eigenvalue weighted by molar-refractivity contribution is 5.86. The van der Waals surface area contributed by atoms with Crippen molar-refractivity contribution in [2.45, 2.75) is 6.42 Å². The number of nitrogens with one attached hydrogen (secondary N) is 1. The van der Waals surface area contributed by atoms with Crippen molar-refractivity contribution in [1.29, 1.82) is 0 Å². The maximum absolute atomic E-state index is 10.9. The lowest BCUT2D eigenvalue weighted by atomic mass is 10.4. The quantitative estimate of drug-likeness (QED) is 0.238. The Morgan fingerprint density at radius 1 is 1.35 bits per heavy atom. The molecule has 0 saturated carbocycles. The number of amides is 1. The summed E-state index contributed by atoms with van der Waals surface area (Å²) in [4.78, 5) is 15.2. The van der Waals surface area contributed by atoms with E-state index in [2.05, 4.69) is 26.3 Å². The highest BCUT2D eigenvalue weighted by Crippen LogP contribution is 1.93. The second-order valence-corrected chi connectivity index (χ2v) is 4.36. The smallest absolute Gasteiger partial charge is 0.349 e. The fraction of sp³-hybridized carbons (Fsp3) is 0.667. The molecule has 0 bridgehead atoms. The average Bonchev–Trinajstić information content (AvgIpc) is 2.22. The molecule has 98 valence electrons. The largest absolute Gasteiger partial charge is 0.352 e. The lowest BCUT2D eigenvalue weighted by molar-refractivity contribution is -0.475. The summed E-state index contributed by atoms with van der Waals surface area (Å²) in [6.45, 7) is 4.97. The van der Waals surface area contributed by atoms with Gasteiger partial charge >= 0.3 is 5.96 Å². The summed E-state index contributed by atoms with van der Waals surface area (Å²) >= 11 is 0. The van der Waals surface area contributed by atoms with Crippen molar-refractivity contribution in [3.05, 3.63) is 12.7 Å². The first-order chi connectivity index (χ1) is 7.90. The van der Waals surface area contributed by atoms with Crippen molar-refractivity contribution in [2.75, 3.05) is 48.3 Å². The van der Waals surface area contributed by atoms with Crippen LogP contribution in [0.2, 0.25) is 0 Å². The van der Waals surface area contributed by atoms with E-state index in [0.717, 1.165) is 18.9 Å². The van der Waals surface area contributed by atoms with Crippen LogP contribution in [0.1, 0.15) is 6.42 Å². The van der Waals surface area contributed by atoms with E-state index in [9.17, 15) is 4.79 Å². The summed E-state index contributed by atoms with van der Waals surface area (Å²) < 4.78 is 2.07. The van der Waals surface area contributed by atoms with Gasteiger partial charge in [-0.3, -0.25) is 19.2 Å². The first-order valence-electron chi connectivity index (χ1n) is 5.73. The Labute approximate surface area is 104 Å². The predicted octanol–water partition coefficient (Wildman–Crippen LogP) is -0.200. The molecule has 0 heterocycles. The third-order valence-electron chi connectivity index (χ3n) is 2.30. The molecule has 0 saturated heterocycles. The van der Waals surface area contributed by atoms with Gasteiger partial charge in [0.05, 0.1) is 41.8 Å². The van der Waals surface area contributed by atoms with Crippen LogP contribution in [-0.2, 0) is 4.79 Å². The Hall–Kier alpha value is -1.52. The second kappa shape index (κ2) is 7.70. The number of rotatable bonds is 5. The Morgan fingerprint density at radius 2 is 1.94 bits per heavy atom. The van der Waals surface area contributed by atoms with Crippen LogP contribution in [-0.4, -0.2) is 74.6 Å². The van der Waals surface area contributed by atoms with Gasteiger partial charge in [0, 0.05) is 6.54 Å². The van der Waals surface area contributed by atoms with E-state index in [1.165, 1.54) is 6.08 Å². The van der Waals surface area contributed by atoms with E-state index in [-0.39, 0.29) is 5.91 Å². The summed E-state index contributed by atoms with van der Waals surface area (Å²) in [6, 6.07) is 0. The molecule has 0 rings (SSSR count). The summed E-state index contributed by atoms with van der Waals surface area (Å²) in [5.41, 5.74) is 0. The van der Waals surface area contributed by atoms with Crippen LogP contribution in [0.15, 0.2) is 12.7 Å². The molecule has 0 unspecified atom stereocenters. The van der Waals surface area contributed by atoms with Gasteiger partial charge in [-0.1, -0.05) is 6.58 Å². The molecule has 0 aliphatic carbocycles. The number of hydrogen-bond acceptors (Lipinski definition) is 1. The highest BCUT2D eigenvalue weighted by Gasteiger charge is 2.17. The molecular formula is C12H25N4O+. The van der Waals surface area contributed by atoms with E-state index in [0.29, 0.717) is 6.54 Å². The normalized spacial score (nSPS) is 9.47. The number of hydrogen-bond donors (Lipinski definition) is 1.